The van der Waals surface area contributed by atoms with Crippen LogP contribution in [0.4, 0.5) is 10.1 Å². The number of carboxylic acid groups (broad SMARTS) is 1. The fraction of sp³-hybridized carbons (Fsp3) is 0.200. The highest BCUT2D eigenvalue weighted by Gasteiger charge is 2.22. The van der Waals surface area contributed by atoms with Crippen molar-refractivity contribution in [3.8, 4) is 0 Å². The lowest BCUT2D eigenvalue weighted by Crippen LogP contribution is -2.17. The lowest BCUT2D eigenvalue weighted by Gasteiger charge is -2.09. The summed E-state index contributed by atoms with van der Waals surface area (Å²) in [6, 6.07) is 3.58. The van der Waals surface area contributed by atoms with Crippen LogP contribution in [-0.4, -0.2) is 17.0 Å². The average molecular weight is 291 g/mol. The third kappa shape index (κ3) is 2.65. The summed E-state index contributed by atoms with van der Waals surface area (Å²) >= 11 is 0. The zero-order chi connectivity index (χ0) is 15.7. The summed E-state index contributed by atoms with van der Waals surface area (Å²) in [5.41, 5.74) is 0.261. The van der Waals surface area contributed by atoms with Gasteiger partial charge in [0.15, 0.2) is 0 Å². The zero-order valence-electron chi connectivity index (χ0n) is 11.8. The monoisotopic (exact) mass is 291 g/mol. The maximum Gasteiger partial charge on any atom is 0.337 e. The van der Waals surface area contributed by atoms with Gasteiger partial charge in [0, 0.05) is 5.56 Å². The Kier molecular flexibility index (Phi) is 3.80. The molecule has 0 bridgehead atoms. The number of hydrogen-bond donors (Lipinski definition) is 2. The summed E-state index contributed by atoms with van der Waals surface area (Å²) in [6.45, 7) is 5.04. The number of rotatable bonds is 3. The van der Waals surface area contributed by atoms with Crippen LogP contribution in [0.25, 0.3) is 0 Å². The van der Waals surface area contributed by atoms with E-state index in [0.29, 0.717) is 17.1 Å². The molecule has 0 aliphatic rings. The first-order valence-corrected chi connectivity index (χ1v) is 6.22. The van der Waals surface area contributed by atoms with E-state index in [1.54, 1.807) is 20.8 Å². The van der Waals surface area contributed by atoms with Gasteiger partial charge in [-0.3, -0.25) is 4.79 Å². The Labute approximate surface area is 120 Å². The van der Waals surface area contributed by atoms with Crippen LogP contribution in [0.15, 0.2) is 22.6 Å². The summed E-state index contributed by atoms with van der Waals surface area (Å²) in [5.74, 6) is -1.74. The molecular formula is C15H14FNO4. The number of anilines is 1. The van der Waals surface area contributed by atoms with Gasteiger partial charge < -0.3 is 14.8 Å². The summed E-state index contributed by atoms with van der Waals surface area (Å²) in [4.78, 5) is 23.4. The largest absolute Gasteiger partial charge is 0.478 e. The second kappa shape index (κ2) is 5.40. The predicted molar refractivity (Wildman–Crippen MR) is 74.2 cm³/mol. The van der Waals surface area contributed by atoms with Gasteiger partial charge in [0.05, 0.1) is 16.8 Å². The Bertz CT molecular complexity index is 734. The topological polar surface area (TPSA) is 79.5 Å². The Morgan fingerprint density at radius 1 is 1.19 bits per heavy atom. The van der Waals surface area contributed by atoms with Crippen molar-refractivity contribution in [2.75, 3.05) is 5.32 Å². The maximum absolute atomic E-state index is 13.8. The van der Waals surface area contributed by atoms with E-state index < -0.39 is 17.7 Å². The molecule has 1 aromatic heterocycles. The molecule has 1 aromatic carbocycles. The Balaban J connectivity index is 2.43. The van der Waals surface area contributed by atoms with E-state index in [-0.39, 0.29) is 16.8 Å². The van der Waals surface area contributed by atoms with Crippen molar-refractivity contribution in [3.63, 3.8) is 0 Å². The number of furan rings is 1. The predicted octanol–water partition coefficient (Wildman–Crippen LogP) is 3.29. The minimum absolute atomic E-state index is 0.284. The number of benzene rings is 1. The number of carbonyl (C=O) groups excluding carboxylic acids is 1. The zero-order valence-corrected chi connectivity index (χ0v) is 11.8. The van der Waals surface area contributed by atoms with E-state index in [0.717, 1.165) is 6.07 Å². The van der Waals surface area contributed by atoms with Crippen molar-refractivity contribution in [1.82, 2.24) is 0 Å². The maximum atomic E-state index is 13.8. The second-order valence-corrected chi connectivity index (χ2v) is 4.64. The van der Waals surface area contributed by atoms with Gasteiger partial charge in [-0.25, -0.2) is 9.18 Å². The quantitative estimate of drug-likeness (QED) is 0.909. The minimum Gasteiger partial charge on any atom is -0.478 e. The molecule has 2 aromatic rings. The van der Waals surface area contributed by atoms with Crippen LogP contribution in [0.5, 0.6) is 0 Å². The van der Waals surface area contributed by atoms with E-state index in [4.69, 9.17) is 9.52 Å². The molecule has 2 rings (SSSR count). The van der Waals surface area contributed by atoms with Crippen LogP contribution < -0.4 is 5.32 Å². The Hall–Kier alpha value is -2.63. The number of carboxylic acids is 1. The van der Waals surface area contributed by atoms with Gasteiger partial charge in [-0.1, -0.05) is 6.07 Å². The van der Waals surface area contributed by atoms with Gasteiger partial charge in [0.25, 0.3) is 5.91 Å². The lowest BCUT2D eigenvalue weighted by atomic mass is 10.1. The van der Waals surface area contributed by atoms with Crippen molar-refractivity contribution in [2.24, 2.45) is 0 Å². The van der Waals surface area contributed by atoms with Gasteiger partial charge in [-0.05, 0) is 32.9 Å². The molecule has 0 unspecified atom stereocenters. The first kappa shape index (κ1) is 14.8. The highest BCUT2D eigenvalue weighted by molar-refractivity contribution is 6.09. The van der Waals surface area contributed by atoms with Crippen LogP contribution in [0, 0.1) is 26.6 Å². The summed E-state index contributed by atoms with van der Waals surface area (Å²) in [6.07, 6.45) is 0. The van der Waals surface area contributed by atoms with Crippen LogP contribution in [-0.2, 0) is 0 Å². The number of para-hydroxylation sites is 1. The molecule has 0 aliphatic carbocycles. The van der Waals surface area contributed by atoms with E-state index in [1.165, 1.54) is 12.1 Å². The van der Waals surface area contributed by atoms with Crippen molar-refractivity contribution >= 4 is 17.6 Å². The first-order valence-electron chi connectivity index (χ1n) is 6.22. The third-order valence-electron chi connectivity index (χ3n) is 3.27. The molecule has 6 heteroatoms. The molecule has 0 saturated carbocycles. The fourth-order valence-corrected chi connectivity index (χ4v) is 2.13. The molecule has 0 spiro atoms. The smallest absolute Gasteiger partial charge is 0.337 e. The van der Waals surface area contributed by atoms with Crippen LogP contribution in [0.2, 0.25) is 0 Å². The first-order chi connectivity index (χ1) is 9.82. The number of amides is 1. The van der Waals surface area contributed by atoms with Crippen LogP contribution in [0.3, 0.4) is 0 Å². The van der Waals surface area contributed by atoms with Crippen LogP contribution in [0.1, 0.15) is 37.8 Å². The molecule has 2 N–H and O–H groups in total. The number of nitrogens with one attached hydrogen (secondary N) is 1. The molecule has 110 valence electrons. The summed E-state index contributed by atoms with van der Waals surface area (Å²) in [5, 5.41) is 11.4. The molecule has 1 amide bonds. The molecule has 0 aliphatic heterocycles. The number of carbonyl (C=O) groups is 2. The van der Waals surface area contributed by atoms with E-state index in [9.17, 15) is 14.0 Å². The summed E-state index contributed by atoms with van der Waals surface area (Å²) in [7, 11) is 0. The standard InChI is InChI=1S/C15H14FNO4/c1-7-8(2)21-9(3)12(7)14(18)17-13-10(15(19)20)5-4-6-11(13)16/h4-6H,1-3H3,(H,17,18)(H,19,20). The number of hydrogen-bond acceptors (Lipinski definition) is 3. The van der Waals surface area contributed by atoms with Crippen molar-refractivity contribution in [3.05, 3.63) is 52.2 Å². The molecule has 0 radical (unpaired) electrons. The van der Waals surface area contributed by atoms with Crippen LogP contribution >= 0.6 is 0 Å². The van der Waals surface area contributed by atoms with Gasteiger partial charge in [-0.2, -0.15) is 0 Å². The molecule has 0 saturated heterocycles. The molecular weight excluding hydrogens is 277 g/mol. The average Bonchev–Trinajstić information content (AvgIpc) is 2.65. The third-order valence-corrected chi connectivity index (χ3v) is 3.27. The van der Waals surface area contributed by atoms with E-state index in [2.05, 4.69) is 5.32 Å². The Morgan fingerprint density at radius 3 is 2.38 bits per heavy atom. The van der Waals surface area contributed by atoms with Crippen molar-refractivity contribution in [2.45, 2.75) is 20.8 Å². The van der Waals surface area contributed by atoms with Gasteiger partial charge in [0.1, 0.15) is 17.3 Å². The van der Waals surface area contributed by atoms with E-state index >= 15 is 0 Å². The Morgan fingerprint density at radius 2 is 1.86 bits per heavy atom. The number of aromatic carboxylic acids is 1. The molecule has 0 atom stereocenters. The minimum atomic E-state index is -1.32. The SMILES string of the molecule is Cc1oc(C)c(C(=O)Nc2c(F)cccc2C(=O)O)c1C. The van der Waals surface area contributed by atoms with Gasteiger partial charge >= 0.3 is 5.97 Å². The van der Waals surface area contributed by atoms with E-state index in [1.807, 2.05) is 0 Å². The normalized spacial score (nSPS) is 10.5. The highest BCUT2D eigenvalue weighted by Crippen LogP contribution is 2.25. The highest BCUT2D eigenvalue weighted by atomic mass is 19.1. The molecule has 21 heavy (non-hydrogen) atoms. The molecule has 1 heterocycles. The van der Waals surface area contributed by atoms with Gasteiger partial charge in [-0.15, -0.1) is 0 Å². The number of halogens is 1. The van der Waals surface area contributed by atoms with Crippen molar-refractivity contribution in [1.29, 1.82) is 0 Å². The molecule has 5 nitrogen and oxygen atoms in total. The molecule has 0 fully saturated rings. The van der Waals surface area contributed by atoms with Crippen molar-refractivity contribution < 1.29 is 23.5 Å². The lowest BCUT2D eigenvalue weighted by molar-refractivity contribution is 0.0697. The number of aryl methyl sites for hydroxylation is 2. The second-order valence-electron chi connectivity index (χ2n) is 4.64. The fourth-order valence-electron chi connectivity index (χ4n) is 2.13. The summed E-state index contributed by atoms with van der Waals surface area (Å²) < 4.78 is 19.1. The van der Waals surface area contributed by atoms with Gasteiger partial charge in [0.2, 0.25) is 0 Å².